The zero-order chi connectivity index (χ0) is 29.4. The maximum Gasteiger partial charge on any atom is 0.338 e. The van der Waals surface area contributed by atoms with Gasteiger partial charge in [-0.2, -0.15) is 5.10 Å². The number of thiazole rings is 1. The van der Waals surface area contributed by atoms with Gasteiger partial charge in [-0.25, -0.2) is 14.5 Å². The molecule has 6 rings (SSSR count). The number of hydrogen-bond donors (Lipinski definition) is 0. The van der Waals surface area contributed by atoms with Crippen LogP contribution in [0.1, 0.15) is 29.7 Å². The van der Waals surface area contributed by atoms with Gasteiger partial charge in [0.15, 0.2) is 4.80 Å². The fourth-order valence-electron chi connectivity index (χ4n) is 5.08. The van der Waals surface area contributed by atoms with E-state index in [0.29, 0.717) is 20.6 Å². The summed E-state index contributed by atoms with van der Waals surface area (Å²) in [6, 6.07) is 25.3. The van der Waals surface area contributed by atoms with Gasteiger partial charge in [-0.15, -0.1) is 11.8 Å². The Balaban J connectivity index is 1.56. The van der Waals surface area contributed by atoms with E-state index in [-0.39, 0.29) is 5.56 Å². The van der Waals surface area contributed by atoms with E-state index in [2.05, 4.69) is 4.99 Å². The average Bonchev–Trinajstić information content (AvgIpc) is 3.57. The SMILES string of the molecule is COC(=O)C1=C(C)N=c2sc(=Cc3cn(-c4ccccc4)nc3-c3ccc(C)cc3)c(=O)n2C1c1ccc(SC)cc1. The smallest absolute Gasteiger partial charge is 0.338 e. The lowest BCUT2D eigenvalue weighted by atomic mass is 9.96. The number of allylic oxidation sites excluding steroid dienone is 1. The number of hydrogen-bond acceptors (Lipinski definition) is 7. The summed E-state index contributed by atoms with van der Waals surface area (Å²) in [6.45, 7) is 3.83. The first-order valence-corrected chi connectivity index (χ1v) is 15.4. The second kappa shape index (κ2) is 11.4. The molecule has 0 N–H and O–H groups in total. The van der Waals surface area contributed by atoms with E-state index < -0.39 is 12.0 Å². The molecule has 3 heterocycles. The van der Waals surface area contributed by atoms with Crippen molar-refractivity contribution in [1.29, 1.82) is 0 Å². The lowest BCUT2D eigenvalue weighted by Crippen LogP contribution is -2.39. The van der Waals surface area contributed by atoms with Crippen molar-refractivity contribution in [3.05, 3.63) is 133 Å². The van der Waals surface area contributed by atoms with Gasteiger partial charge in [-0.1, -0.05) is 71.5 Å². The van der Waals surface area contributed by atoms with Crippen LogP contribution in [0.4, 0.5) is 0 Å². The van der Waals surface area contributed by atoms with Crippen molar-refractivity contribution < 1.29 is 9.53 Å². The molecular formula is C33H28N4O3S2. The minimum absolute atomic E-state index is 0.228. The number of carbonyl (C=O) groups excluding carboxylic acids is 1. The molecule has 9 heteroatoms. The third-order valence-corrected chi connectivity index (χ3v) is 8.96. The molecule has 0 spiro atoms. The number of fused-ring (bicyclic) bond motifs is 1. The van der Waals surface area contributed by atoms with Crippen molar-refractivity contribution >= 4 is 35.1 Å². The van der Waals surface area contributed by atoms with Gasteiger partial charge in [-0.05, 0) is 56.0 Å². The highest BCUT2D eigenvalue weighted by atomic mass is 32.2. The molecule has 0 fully saturated rings. The van der Waals surface area contributed by atoms with Gasteiger partial charge in [0.1, 0.15) is 0 Å². The summed E-state index contributed by atoms with van der Waals surface area (Å²) in [5.74, 6) is -0.504. The Hall–Kier alpha value is -4.47. The van der Waals surface area contributed by atoms with Crippen LogP contribution in [0.2, 0.25) is 0 Å². The summed E-state index contributed by atoms with van der Waals surface area (Å²) in [5.41, 5.74) is 6.05. The van der Waals surface area contributed by atoms with Crippen molar-refractivity contribution in [1.82, 2.24) is 14.3 Å². The summed E-state index contributed by atoms with van der Waals surface area (Å²) in [4.78, 5) is 33.4. The van der Waals surface area contributed by atoms with Crippen molar-refractivity contribution in [2.45, 2.75) is 24.8 Å². The Kier molecular flexibility index (Phi) is 7.53. The topological polar surface area (TPSA) is 78.5 Å². The Morgan fingerprint density at radius 3 is 2.38 bits per heavy atom. The van der Waals surface area contributed by atoms with E-state index >= 15 is 0 Å². The number of benzene rings is 3. The molecule has 0 amide bonds. The molecule has 210 valence electrons. The minimum atomic E-state index is -0.657. The fraction of sp³-hybridized carbons (Fsp3) is 0.152. The van der Waals surface area contributed by atoms with Crippen LogP contribution in [0.5, 0.6) is 0 Å². The Morgan fingerprint density at radius 1 is 1.00 bits per heavy atom. The number of methoxy groups -OCH3 is 1. The van der Waals surface area contributed by atoms with Crippen molar-refractivity contribution in [2.24, 2.45) is 4.99 Å². The van der Waals surface area contributed by atoms with Crippen molar-refractivity contribution in [2.75, 3.05) is 13.4 Å². The van der Waals surface area contributed by atoms with Crippen LogP contribution in [0.3, 0.4) is 0 Å². The molecule has 0 aliphatic carbocycles. The van der Waals surface area contributed by atoms with Crippen LogP contribution in [0, 0.1) is 6.92 Å². The Labute approximate surface area is 251 Å². The zero-order valence-corrected chi connectivity index (χ0v) is 25.2. The maximum absolute atomic E-state index is 14.1. The summed E-state index contributed by atoms with van der Waals surface area (Å²) >= 11 is 2.93. The lowest BCUT2D eigenvalue weighted by Gasteiger charge is -2.24. The van der Waals surface area contributed by atoms with E-state index in [9.17, 15) is 9.59 Å². The van der Waals surface area contributed by atoms with Gasteiger partial charge in [0.25, 0.3) is 5.56 Å². The molecule has 1 aliphatic rings. The van der Waals surface area contributed by atoms with E-state index in [1.807, 2.05) is 109 Å². The molecular weight excluding hydrogens is 565 g/mol. The first-order chi connectivity index (χ1) is 20.4. The molecule has 7 nitrogen and oxygen atoms in total. The van der Waals surface area contributed by atoms with Gasteiger partial charge in [-0.3, -0.25) is 9.36 Å². The number of thioether (sulfide) groups is 1. The minimum Gasteiger partial charge on any atom is -0.466 e. The van der Waals surface area contributed by atoms with Crippen LogP contribution in [0.25, 0.3) is 23.0 Å². The van der Waals surface area contributed by atoms with Crippen molar-refractivity contribution in [3.8, 4) is 16.9 Å². The number of nitrogens with zero attached hydrogens (tertiary/aromatic N) is 4. The van der Waals surface area contributed by atoms with Crippen LogP contribution in [-0.2, 0) is 9.53 Å². The number of ether oxygens (including phenoxy) is 1. The summed E-state index contributed by atoms with van der Waals surface area (Å²) in [7, 11) is 1.35. The maximum atomic E-state index is 14.1. The van der Waals surface area contributed by atoms with Crippen LogP contribution in [0.15, 0.2) is 111 Å². The quantitative estimate of drug-likeness (QED) is 0.198. The third-order valence-electron chi connectivity index (χ3n) is 7.23. The summed E-state index contributed by atoms with van der Waals surface area (Å²) in [6.07, 6.45) is 5.82. The van der Waals surface area contributed by atoms with Crippen LogP contribution < -0.4 is 14.9 Å². The molecule has 0 saturated heterocycles. The highest BCUT2D eigenvalue weighted by Crippen LogP contribution is 2.32. The fourth-order valence-corrected chi connectivity index (χ4v) is 6.52. The number of para-hydroxylation sites is 1. The molecule has 5 aromatic rings. The molecule has 1 aliphatic heterocycles. The molecule has 42 heavy (non-hydrogen) atoms. The second-order valence-electron chi connectivity index (χ2n) is 9.93. The predicted molar refractivity (Wildman–Crippen MR) is 168 cm³/mol. The van der Waals surface area contributed by atoms with E-state index in [1.165, 1.54) is 18.4 Å². The van der Waals surface area contributed by atoms with Crippen LogP contribution in [-0.4, -0.2) is 33.7 Å². The number of esters is 1. The number of carbonyl (C=O) groups is 1. The summed E-state index contributed by atoms with van der Waals surface area (Å²) in [5, 5.41) is 4.91. The van der Waals surface area contributed by atoms with E-state index in [1.54, 1.807) is 23.3 Å². The van der Waals surface area contributed by atoms with E-state index in [0.717, 1.165) is 38.5 Å². The van der Waals surface area contributed by atoms with Gasteiger partial charge in [0.05, 0.1) is 40.3 Å². The van der Waals surface area contributed by atoms with Gasteiger partial charge in [0, 0.05) is 22.2 Å². The Bertz CT molecular complexity index is 2000. The Morgan fingerprint density at radius 2 is 1.71 bits per heavy atom. The third kappa shape index (κ3) is 5.06. The number of rotatable bonds is 6. The molecule has 0 radical (unpaired) electrons. The first-order valence-electron chi connectivity index (χ1n) is 13.3. The van der Waals surface area contributed by atoms with Crippen LogP contribution >= 0.6 is 23.1 Å². The number of aromatic nitrogens is 3. The lowest BCUT2D eigenvalue weighted by molar-refractivity contribution is -0.136. The standard InChI is InChI=1S/C33H28N4O3S2/c1-20-10-12-22(13-11-20)29-24(19-36(35-29)25-8-6-5-7-9-25)18-27-31(38)37-30(23-14-16-26(41-4)17-15-23)28(32(39)40-3)21(2)34-33(37)42-27/h5-19,30H,1-4H3. The largest absolute Gasteiger partial charge is 0.466 e. The molecule has 1 atom stereocenters. The monoisotopic (exact) mass is 592 g/mol. The molecule has 0 saturated carbocycles. The predicted octanol–water partition coefficient (Wildman–Crippen LogP) is 5.29. The molecule has 0 bridgehead atoms. The molecule has 2 aromatic heterocycles. The zero-order valence-electron chi connectivity index (χ0n) is 23.6. The van der Waals surface area contributed by atoms with Crippen molar-refractivity contribution in [3.63, 3.8) is 0 Å². The van der Waals surface area contributed by atoms with Gasteiger partial charge < -0.3 is 4.74 Å². The normalized spacial score (nSPS) is 15.0. The second-order valence-corrected chi connectivity index (χ2v) is 11.8. The summed E-state index contributed by atoms with van der Waals surface area (Å²) < 4.78 is 9.07. The number of aryl methyl sites for hydroxylation is 1. The van der Waals surface area contributed by atoms with E-state index in [4.69, 9.17) is 9.84 Å². The average molecular weight is 593 g/mol. The highest BCUT2D eigenvalue weighted by Gasteiger charge is 2.33. The van der Waals surface area contributed by atoms with Gasteiger partial charge in [0.2, 0.25) is 0 Å². The first kappa shape index (κ1) is 27.7. The molecule has 3 aromatic carbocycles. The molecule has 1 unspecified atom stereocenters. The van der Waals surface area contributed by atoms with Gasteiger partial charge >= 0.3 is 5.97 Å². The highest BCUT2D eigenvalue weighted by molar-refractivity contribution is 7.98.